The van der Waals surface area contributed by atoms with Crippen molar-refractivity contribution < 1.29 is 4.39 Å². The van der Waals surface area contributed by atoms with Gasteiger partial charge in [0.05, 0.1) is 6.04 Å². The molecule has 0 amide bonds. The van der Waals surface area contributed by atoms with Gasteiger partial charge in [0.2, 0.25) is 0 Å². The summed E-state index contributed by atoms with van der Waals surface area (Å²) in [7, 11) is 0. The van der Waals surface area contributed by atoms with Crippen molar-refractivity contribution in [1.29, 1.82) is 0 Å². The van der Waals surface area contributed by atoms with Crippen LogP contribution in [0.15, 0.2) is 36.4 Å². The van der Waals surface area contributed by atoms with Crippen molar-refractivity contribution in [2.75, 3.05) is 11.1 Å². The number of halogens is 1. The van der Waals surface area contributed by atoms with E-state index in [1.165, 1.54) is 16.7 Å². The van der Waals surface area contributed by atoms with Gasteiger partial charge < -0.3 is 11.1 Å². The number of nitrogens with one attached hydrogen (secondary N) is 1. The van der Waals surface area contributed by atoms with Gasteiger partial charge in [-0.05, 0) is 60.6 Å². The van der Waals surface area contributed by atoms with E-state index in [9.17, 15) is 4.39 Å². The van der Waals surface area contributed by atoms with Crippen LogP contribution in [-0.4, -0.2) is 0 Å². The monoisotopic (exact) mass is 312 g/mol. The molecule has 2 aromatic carbocycles. The van der Waals surface area contributed by atoms with E-state index >= 15 is 0 Å². The van der Waals surface area contributed by atoms with E-state index in [4.69, 9.17) is 5.73 Å². The topological polar surface area (TPSA) is 38.0 Å². The third kappa shape index (κ3) is 3.19. The first-order valence-electron chi connectivity index (χ1n) is 8.38. The summed E-state index contributed by atoms with van der Waals surface area (Å²) in [6.45, 7) is 6.22. The zero-order valence-electron chi connectivity index (χ0n) is 14.1. The quantitative estimate of drug-likeness (QED) is 0.747. The van der Waals surface area contributed by atoms with Crippen molar-refractivity contribution in [2.24, 2.45) is 5.92 Å². The van der Waals surface area contributed by atoms with E-state index in [1.54, 1.807) is 6.07 Å². The summed E-state index contributed by atoms with van der Waals surface area (Å²) in [6.07, 6.45) is 0.572. The van der Waals surface area contributed by atoms with Crippen molar-refractivity contribution >= 4 is 11.4 Å². The molecule has 0 saturated heterocycles. The Hall–Kier alpha value is -2.03. The molecule has 3 N–H and O–H groups in total. The molecule has 3 unspecified atom stereocenters. The van der Waals surface area contributed by atoms with E-state index in [0.717, 1.165) is 12.1 Å². The van der Waals surface area contributed by atoms with Gasteiger partial charge in [-0.25, -0.2) is 4.39 Å². The van der Waals surface area contributed by atoms with E-state index in [2.05, 4.69) is 37.4 Å². The lowest BCUT2D eigenvalue weighted by atomic mass is 10.0. The molecule has 3 heteroatoms. The van der Waals surface area contributed by atoms with Gasteiger partial charge in [-0.3, -0.25) is 0 Å². The Labute approximate surface area is 137 Å². The molecule has 0 bridgehead atoms. The number of nitrogen functional groups attached to an aromatic ring is 1. The van der Waals surface area contributed by atoms with Crippen LogP contribution in [0.1, 0.15) is 54.7 Å². The number of hydrogen-bond donors (Lipinski definition) is 2. The number of rotatable bonds is 4. The molecule has 2 aromatic rings. The SMILES string of the molecule is CCC(F)c1cc(N)cc(NC2c3cc(C)ccc3CC2C)c1. The second-order valence-electron chi connectivity index (χ2n) is 6.77. The molecule has 0 aromatic heterocycles. The highest BCUT2D eigenvalue weighted by atomic mass is 19.1. The van der Waals surface area contributed by atoms with Crippen LogP contribution in [0.25, 0.3) is 0 Å². The van der Waals surface area contributed by atoms with Crippen LogP contribution in [0.3, 0.4) is 0 Å². The summed E-state index contributed by atoms with van der Waals surface area (Å²) >= 11 is 0. The fraction of sp³-hybridized carbons (Fsp3) is 0.400. The van der Waals surface area contributed by atoms with Crippen LogP contribution >= 0.6 is 0 Å². The summed E-state index contributed by atoms with van der Waals surface area (Å²) in [5.41, 5.74) is 12.2. The average molecular weight is 312 g/mol. The lowest BCUT2D eigenvalue weighted by Gasteiger charge is -2.21. The van der Waals surface area contributed by atoms with Crippen LogP contribution in [0.5, 0.6) is 0 Å². The molecule has 0 fully saturated rings. The lowest BCUT2D eigenvalue weighted by molar-refractivity contribution is 0.335. The Morgan fingerprint density at radius 3 is 2.78 bits per heavy atom. The van der Waals surface area contributed by atoms with Crippen LogP contribution in [-0.2, 0) is 6.42 Å². The molecule has 3 atom stereocenters. The van der Waals surface area contributed by atoms with E-state index in [1.807, 2.05) is 19.1 Å². The second-order valence-corrected chi connectivity index (χ2v) is 6.77. The predicted molar refractivity (Wildman–Crippen MR) is 95.4 cm³/mol. The second kappa shape index (κ2) is 6.23. The maximum Gasteiger partial charge on any atom is 0.125 e. The smallest absolute Gasteiger partial charge is 0.125 e. The minimum absolute atomic E-state index is 0.249. The van der Waals surface area contributed by atoms with Crippen LogP contribution in [0.2, 0.25) is 0 Å². The number of benzene rings is 2. The molecular weight excluding hydrogens is 287 g/mol. The molecule has 0 spiro atoms. The normalized spacial score (nSPS) is 21.0. The first-order chi connectivity index (χ1) is 11.0. The zero-order valence-corrected chi connectivity index (χ0v) is 14.1. The molecule has 23 heavy (non-hydrogen) atoms. The van der Waals surface area contributed by atoms with E-state index in [0.29, 0.717) is 23.6 Å². The number of aryl methyl sites for hydroxylation is 1. The van der Waals surface area contributed by atoms with Gasteiger partial charge in [-0.15, -0.1) is 0 Å². The molecule has 1 aliphatic rings. The average Bonchev–Trinajstić information content (AvgIpc) is 2.81. The van der Waals surface area contributed by atoms with Gasteiger partial charge >= 0.3 is 0 Å². The highest BCUT2D eigenvalue weighted by Crippen LogP contribution is 2.39. The number of anilines is 2. The summed E-state index contributed by atoms with van der Waals surface area (Å²) in [6, 6.07) is 12.4. The Bertz CT molecular complexity index is 711. The minimum Gasteiger partial charge on any atom is -0.399 e. The van der Waals surface area contributed by atoms with Gasteiger partial charge in [0.15, 0.2) is 0 Å². The minimum atomic E-state index is -0.963. The summed E-state index contributed by atoms with van der Waals surface area (Å²) in [4.78, 5) is 0. The fourth-order valence-corrected chi connectivity index (χ4v) is 3.54. The van der Waals surface area contributed by atoms with Gasteiger partial charge in [0, 0.05) is 11.4 Å². The Morgan fingerprint density at radius 1 is 1.26 bits per heavy atom. The largest absolute Gasteiger partial charge is 0.399 e. The predicted octanol–water partition coefficient (Wildman–Crippen LogP) is 5.34. The Kier molecular flexibility index (Phi) is 4.29. The fourth-order valence-electron chi connectivity index (χ4n) is 3.54. The highest BCUT2D eigenvalue weighted by molar-refractivity contribution is 5.59. The summed E-state index contributed by atoms with van der Waals surface area (Å²) in [5.74, 6) is 0.504. The number of nitrogens with two attached hydrogens (primary N) is 1. The van der Waals surface area contributed by atoms with Crippen molar-refractivity contribution in [1.82, 2.24) is 0 Å². The third-order valence-corrected chi connectivity index (χ3v) is 4.77. The van der Waals surface area contributed by atoms with Crippen molar-refractivity contribution in [2.45, 2.75) is 45.8 Å². The maximum absolute atomic E-state index is 14.0. The van der Waals surface area contributed by atoms with Crippen LogP contribution < -0.4 is 11.1 Å². The number of alkyl halides is 1. The molecule has 3 rings (SSSR count). The lowest BCUT2D eigenvalue weighted by Crippen LogP contribution is -2.15. The number of hydrogen-bond acceptors (Lipinski definition) is 2. The van der Waals surface area contributed by atoms with Crippen molar-refractivity contribution in [3.8, 4) is 0 Å². The molecule has 122 valence electrons. The van der Waals surface area contributed by atoms with Crippen LogP contribution in [0.4, 0.5) is 15.8 Å². The highest BCUT2D eigenvalue weighted by Gasteiger charge is 2.29. The first kappa shape index (κ1) is 15.9. The van der Waals surface area contributed by atoms with Gasteiger partial charge in [0.25, 0.3) is 0 Å². The van der Waals surface area contributed by atoms with E-state index < -0.39 is 6.17 Å². The summed E-state index contributed by atoms with van der Waals surface area (Å²) < 4.78 is 14.0. The van der Waals surface area contributed by atoms with Gasteiger partial charge in [-0.2, -0.15) is 0 Å². The molecular formula is C20H25FN2. The third-order valence-electron chi connectivity index (χ3n) is 4.77. The molecule has 1 aliphatic carbocycles. The number of fused-ring (bicyclic) bond motifs is 1. The summed E-state index contributed by atoms with van der Waals surface area (Å²) in [5, 5.41) is 3.59. The van der Waals surface area contributed by atoms with Crippen molar-refractivity contribution in [3.63, 3.8) is 0 Å². The first-order valence-corrected chi connectivity index (χ1v) is 8.38. The van der Waals surface area contributed by atoms with Crippen LogP contribution in [0, 0.1) is 12.8 Å². The molecule has 0 heterocycles. The van der Waals surface area contributed by atoms with Gasteiger partial charge in [-0.1, -0.05) is 37.6 Å². The van der Waals surface area contributed by atoms with Gasteiger partial charge in [0.1, 0.15) is 6.17 Å². The molecule has 0 aliphatic heterocycles. The zero-order chi connectivity index (χ0) is 16.6. The van der Waals surface area contributed by atoms with E-state index in [-0.39, 0.29) is 6.04 Å². The molecule has 0 saturated carbocycles. The molecule has 2 nitrogen and oxygen atoms in total. The van der Waals surface area contributed by atoms with Crippen molar-refractivity contribution in [3.05, 3.63) is 58.7 Å². The standard InChI is InChI=1S/C20H25FN2/c1-4-19(21)15-9-16(22)11-17(10-15)23-20-13(3)8-14-6-5-12(2)7-18(14)20/h5-7,9-11,13,19-20,23H,4,8,22H2,1-3H3. The maximum atomic E-state index is 14.0. The molecule has 0 radical (unpaired) electrons. The Morgan fingerprint density at radius 2 is 2.04 bits per heavy atom. The Balaban J connectivity index is 1.91.